The number of rotatable bonds is 0. The second-order valence-corrected chi connectivity index (χ2v) is 2.53. The third-order valence-electron chi connectivity index (χ3n) is 1.78. The number of hydrogen-bond acceptors (Lipinski definition) is 1. The summed E-state index contributed by atoms with van der Waals surface area (Å²) in [7, 11) is 0. The van der Waals surface area contributed by atoms with Crippen LogP contribution in [0.25, 0.3) is 0 Å². The summed E-state index contributed by atoms with van der Waals surface area (Å²) < 4.78 is 0. The molecule has 0 amide bonds. The first-order chi connectivity index (χ1) is 3.80. The van der Waals surface area contributed by atoms with Gasteiger partial charge < -0.3 is 5.73 Å². The van der Waals surface area contributed by atoms with Crippen molar-refractivity contribution in [2.24, 2.45) is 11.7 Å². The molecule has 0 saturated heterocycles. The van der Waals surface area contributed by atoms with E-state index in [1.807, 2.05) is 0 Å². The van der Waals surface area contributed by atoms with Crippen LogP contribution in [0.4, 0.5) is 0 Å². The Kier molecular flexibility index (Phi) is 1.69. The molecular weight excluding hydrogens is 98.1 g/mol. The van der Waals surface area contributed by atoms with Crippen molar-refractivity contribution in [3.8, 4) is 0 Å². The quantitative estimate of drug-likeness (QED) is 0.468. The van der Waals surface area contributed by atoms with Gasteiger partial charge in [-0.1, -0.05) is 19.1 Å². The Labute approximate surface area is 50.6 Å². The fourth-order valence-corrected chi connectivity index (χ4v) is 1.01. The second kappa shape index (κ2) is 2.31. The van der Waals surface area contributed by atoms with Crippen LogP contribution in [0.1, 0.15) is 19.8 Å². The van der Waals surface area contributed by atoms with Crippen molar-refractivity contribution in [3.05, 3.63) is 12.2 Å². The molecule has 1 rings (SSSR count). The maximum absolute atomic E-state index is 5.73. The van der Waals surface area contributed by atoms with Crippen molar-refractivity contribution >= 4 is 0 Å². The van der Waals surface area contributed by atoms with Gasteiger partial charge >= 0.3 is 0 Å². The van der Waals surface area contributed by atoms with Gasteiger partial charge in [0.1, 0.15) is 0 Å². The van der Waals surface area contributed by atoms with E-state index in [1.54, 1.807) is 0 Å². The molecule has 0 aromatic carbocycles. The van der Waals surface area contributed by atoms with Crippen molar-refractivity contribution in [1.29, 1.82) is 0 Å². The van der Waals surface area contributed by atoms with E-state index in [-0.39, 0.29) is 0 Å². The highest BCUT2D eigenvalue weighted by molar-refractivity contribution is 4.96. The van der Waals surface area contributed by atoms with Crippen LogP contribution >= 0.6 is 0 Å². The topological polar surface area (TPSA) is 26.0 Å². The lowest BCUT2D eigenvalue weighted by atomic mass is 9.93. The largest absolute Gasteiger partial charge is 0.327 e. The standard InChI is InChI=1S/C7H13N/c1-6-4-2-3-5-7(6)8/h2,4,6-7H,3,5,8H2,1H3. The highest BCUT2D eigenvalue weighted by Gasteiger charge is 2.11. The average molecular weight is 111 g/mol. The van der Waals surface area contributed by atoms with Crippen LogP contribution < -0.4 is 5.73 Å². The van der Waals surface area contributed by atoms with Crippen LogP contribution in [0.3, 0.4) is 0 Å². The summed E-state index contributed by atoms with van der Waals surface area (Å²) in [5.41, 5.74) is 5.73. The Bertz CT molecular complexity index is 96.6. The fraction of sp³-hybridized carbons (Fsp3) is 0.714. The smallest absolute Gasteiger partial charge is 0.0102 e. The molecule has 0 saturated carbocycles. The van der Waals surface area contributed by atoms with E-state index in [9.17, 15) is 0 Å². The van der Waals surface area contributed by atoms with E-state index in [0.29, 0.717) is 12.0 Å². The van der Waals surface area contributed by atoms with E-state index in [2.05, 4.69) is 19.1 Å². The summed E-state index contributed by atoms with van der Waals surface area (Å²) >= 11 is 0. The van der Waals surface area contributed by atoms with Crippen molar-refractivity contribution in [2.75, 3.05) is 0 Å². The monoisotopic (exact) mass is 111 g/mol. The van der Waals surface area contributed by atoms with Gasteiger partial charge in [0.15, 0.2) is 0 Å². The van der Waals surface area contributed by atoms with Gasteiger partial charge in [0.25, 0.3) is 0 Å². The molecule has 1 aliphatic carbocycles. The molecule has 2 N–H and O–H groups in total. The van der Waals surface area contributed by atoms with E-state index < -0.39 is 0 Å². The maximum Gasteiger partial charge on any atom is 0.0102 e. The Hall–Kier alpha value is -0.300. The minimum absolute atomic E-state index is 0.417. The lowest BCUT2D eigenvalue weighted by Gasteiger charge is -2.19. The second-order valence-electron chi connectivity index (χ2n) is 2.53. The zero-order chi connectivity index (χ0) is 5.98. The zero-order valence-corrected chi connectivity index (χ0v) is 5.30. The van der Waals surface area contributed by atoms with E-state index in [0.717, 1.165) is 6.42 Å². The Morgan fingerprint density at radius 3 is 2.75 bits per heavy atom. The Morgan fingerprint density at radius 1 is 1.62 bits per heavy atom. The van der Waals surface area contributed by atoms with Gasteiger partial charge in [0, 0.05) is 6.04 Å². The average Bonchev–Trinajstić information content (AvgIpc) is 1.77. The molecule has 0 bridgehead atoms. The summed E-state index contributed by atoms with van der Waals surface area (Å²) in [6.45, 7) is 2.17. The molecule has 0 aliphatic heterocycles. The molecule has 0 aromatic heterocycles. The molecule has 2 unspecified atom stereocenters. The number of hydrogen-bond donors (Lipinski definition) is 1. The number of nitrogens with two attached hydrogens (primary N) is 1. The number of allylic oxidation sites excluding steroid dienone is 1. The molecule has 46 valence electrons. The van der Waals surface area contributed by atoms with Crippen LogP contribution in [0.2, 0.25) is 0 Å². The van der Waals surface area contributed by atoms with Gasteiger partial charge in [-0.05, 0) is 18.8 Å². The third kappa shape index (κ3) is 1.10. The minimum atomic E-state index is 0.417. The summed E-state index contributed by atoms with van der Waals surface area (Å²) in [6.07, 6.45) is 6.76. The first-order valence-corrected chi connectivity index (χ1v) is 3.23. The molecule has 1 aliphatic rings. The summed E-state index contributed by atoms with van der Waals surface area (Å²) in [5, 5.41) is 0. The molecule has 1 heteroatoms. The molecule has 2 atom stereocenters. The maximum atomic E-state index is 5.73. The third-order valence-corrected chi connectivity index (χ3v) is 1.78. The van der Waals surface area contributed by atoms with Gasteiger partial charge in [-0.25, -0.2) is 0 Å². The molecule has 0 radical (unpaired) electrons. The normalized spacial score (nSPS) is 37.8. The molecular formula is C7H13N. The summed E-state index contributed by atoms with van der Waals surface area (Å²) in [4.78, 5) is 0. The van der Waals surface area contributed by atoms with Gasteiger partial charge in [-0.15, -0.1) is 0 Å². The van der Waals surface area contributed by atoms with Gasteiger partial charge in [0.2, 0.25) is 0 Å². The van der Waals surface area contributed by atoms with E-state index in [4.69, 9.17) is 5.73 Å². The molecule has 0 fully saturated rings. The molecule has 0 spiro atoms. The highest BCUT2D eigenvalue weighted by atomic mass is 14.6. The van der Waals surface area contributed by atoms with Crippen molar-refractivity contribution in [1.82, 2.24) is 0 Å². The van der Waals surface area contributed by atoms with Crippen molar-refractivity contribution < 1.29 is 0 Å². The summed E-state index contributed by atoms with van der Waals surface area (Å²) in [5.74, 6) is 0.601. The Morgan fingerprint density at radius 2 is 2.38 bits per heavy atom. The van der Waals surface area contributed by atoms with Crippen molar-refractivity contribution in [2.45, 2.75) is 25.8 Å². The van der Waals surface area contributed by atoms with Gasteiger partial charge in [-0.2, -0.15) is 0 Å². The van der Waals surface area contributed by atoms with Crippen LogP contribution in [0.5, 0.6) is 0 Å². The molecule has 0 heterocycles. The molecule has 8 heavy (non-hydrogen) atoms. The minimum Gasteiger partial charge on any atom is -0.327 e. The van der Waals surface area contributed by atoms with Crippen LogP contribution in [0, 0.1) is 5.92 Å². The predicted molar refractivity (Wildman–Crippen MR) is 35.5 cm³/mol. The van der Waals surface area contributed by atoms with Gasteiger partial charge in [0.05, 0.1) is 0 Å². The van der Waals surface area contributed by atoms with Crippen molar-refractivity contribution in [3.63, 3.8) is 0 Å². The van der Waals surface area contributed by atoms with E-state index >= 15 is 0 Å². The van der Waals surface area contributed by atoms with Crippen LogP contribution in [-0.4, -0.2) is 6.04 Å². The first kappa shape index (κ1) is 5.83. The molecule has 0 aromatic rings. The predicted octanol–water partition coefficient (Wildman–Crippen LogP) is 1.30. The highest BCUT2D eigenvalue weighted by Crippen LogP contribution is 2.14. The lowest BCUT2D eigenvalue weighted by molar-refractivity contribution is 0.487. The van der Waals surface area contributed by atoms with E-state index in [1.165, 1.54) is 6.42 Å². The fourth-order valence-electron chi connectivity index (χ4n) is 1.01. The lowest BCUT2D eigenvalue weighted by Crippen LogP contribution is -2.28. The summed E-state index contributed by atoms with van der Waals surface area (Å²) in [6, 6.07) is 0.417. The SMILES string of the molecule is CC1C=CCCC1N. The Balaban J connectivity index is 2.47. The van der Waals surface area contributed by atoms with Crippen LogP contribution in [0.15, 0.2) is 12.2 Å². The van der Waals surface area contributed by atoms with Gasteiger partial charge in [-0.3, -0.25) is 0 Å². The first-order valence-electron chi connectivity index (χ1n) is 3.23. The zero-order valence-electron chi connectivity index (χ0n) is 5.30. The molecule has 1 nitrogen and oxygen atoms in total. The van der Waals surface area contributed by atoms with Crippen LogP contribution in [-0.2, 0) is 0 Å².